The summed E-state index contributed by atoms with van der Waals surface area (Å²) in [5.41, 5.74) is 2.37. The third-order valence-corrected chi connectivity index (χ3v) is 3.41. The molecule has 0 saturated heterocycles. The van der Waals surface area contributed by atoms with Crippen LogP contribution in [0.4, 0.5) is 0 Å². The minimum Gasteiger partial charge on any atom is -0.394 e. The first-order chi connectivity index (χ1) is 8.15. The van der Waals surface area contributed by atoms with E-state index in [0.717, 1.165) is 24.3 Å². The van der Waals surface area contributed by atoms with Gasteiger partial charge in [0.2, 0.25) is 0 Å². The summed E-state index contributed by atoms with van der Waals surface area (Å²) in [5.74, 6) is 1.40. The summed E-state index contributed by atoms with van der Waals surface area (Å²) in [5, 5.41) is 19.0. The van der Waals surface area contributed by atoms with Gasteiger partial charge in [0.15, 0.2) is 0 Å². The molecule has 1 rings (SSSR count). The largest absolute Gasteiger partial charge is 0.394 e. The molecule has 2 nitrogen and oxygen atoms in total. The van der Waals surface area contributed by atoms with Crippen LogP contribution in [0, 0.1) is 5.92 Å². The van der Waals surface area contributed by atoms with Gasteiger partial charge in [0.25, 0.3) is 0 Å². The van der Waals surface area contributed by atoms with E-state index < -0.39 is 6.10 Å². The Bertz CT molecular complexity index is 335. The van der Waals surface area contributed by atoms with Crippen LogP contribution in [0.25, 0.3) is 0 Å². The van der Waals surface area contributed by atoms with E-state index in [4.69, 9.17) is 5.11 Å². The van der Waals surface area contributed by atoms with Crippen molar-refractivity contribution in [3.05, 3.63) is 41.3 Å². The van der Waals surface area contributed by atoms with Gasteiger partial charge in [-0.25, -0.2) is 0 Å². The molecule has 0 amide bonds. The Morgan fingerprint density at radius 1 is 1.24 bits per heavy atom. The van der Waals surface area contributed by atoms with E-state index in [9.17, 15) is 5.11 Å². The molecular formula is C15H23O2. The maximum Gasteiger partial charge on any atom is 0.0876 e. The molecule has 0 heterocycles. The molecule has 0 aliphatic carbocycles. The Kier molecular flexibility index (Phi) is 5.66. The van der Waals surface area contributed by atoms with Crippen LogP contribution < -0.4 is 0 Å². The second-order valence-corrected chi connectivity index (χ2v) is 4.47. The zero-order chi connectivity index (χ0) is 12.8. The molecule has 2 unspecified atom stereocenters. The van der Waals surface area contributed by atoms with Crippen LogP contribution in [-0.2, 0) is 0 Å². The molecule has 0 saturated carbocycles. The van der Waals surface area contributed by atoms with Gasteiger partial charge < -0.3 is 10.2 Å². The van der Waals surface area contributed by atoms with E-state index in [0.29, 0.717) is 5.92 Å². The van der Waals surface area contributed by atoms with Crippen molar-refractivity contribution in [2.24, 2.45) is 0 Å². The fraction of sp³-hybridized carbons (Fsp3) is 0.533. The van der Waals surface area contributed by atoms with E-state index >= 15 is 0 Å². The Morgan fingerprint density at radius 3 is 2.41 bits per heavy atom. The molecule has 0 aliphatic rings. The van der Waals surface area contributed by atoms with Gasteiger partial charge in [0.05, 0.1) is 12.7 Å². The van der Waals surface area contributed by atoms with Crippen molar-refractivity contribution in [1.82, 2.24) is 0 Å². The number of aliphatic hydroxyl groups excluding tert-OH is 2. The summed E-state index contributed by atoms with van der Waals surface area (Å²) in [6.07, 6.45) is 1.09. The second-order valence-electron chi connectivity index (χ2n) is 4.47. The molecule has 0 fully saturated rings. The van der Waals surface area contributed by atoms with E-state index in [1.807, 2.05) is 25.1 Å². The summed E-state index contributed by atoms with van der Waals surface area (Å²) in [7, 11) is 0. The molecule has 2 atom stereocenters. The van der Waals surface area contributed by atoms with E-state index in [1.54, 1.807) is 0 Å². The van der Waals surface area contributed by atoms with Gasteiger partial charge in [-0.05, 0) is 29.9 Å². The van der Waals surface area contributed by atoms with Crippen LogP contribution in [0.5, 0.6) is 0 Å². The molecule has 1 radical (unpaired) electrons. The molecule has 0 aliphatic heterocycles. The van der Waals surface area contributed by atoms with Crippen molar-refractivity contribution in [3.63, 3.8) is 0 Å². The van der Waals surface area contributed by atoms with Gasteiger partial charge in [0.1, 0.15) is 0 Å². The Labute approximate surface area is 104 Å². The predicted molar refractivity (Wildman–Crippen MR) is 70.9 cm³/mol. The van der Waals surface area contributed by atoms with Gasteiger partial charge in [0, 0.05) is 5.92 Å². The maximum atomic E-state index is 9.86. The van der Waals surface area contributed by atoms with Gasteiger partial charge in [-0.1, -0.05) is 45.0 Å². The first kappa shape index (κ1) is 14.2. The zero-order valence-corrected chi connectivity index (χ0v) is 11.0. The summed E-state index contributed by atoms with van der Waals surface area (Å²) in [6.45, 7) is 6.16. The number of hydrogen-bond acceptors (Lipinski definition) is 2. The van der Waals surface area contributed by atoms with Crippen LogP contribution in [-0.4, -0.2) is 22.9 Å². The molecule has 0 spiro atoms. The number of rotatable bonds is 6. The van der Waals surface area contributed by atoms with Crippen LogP contribution >= 0.6 is 0 Å². The molecule has 17 heavy (non-hydrogen) atoms. The quantitative estimate of drug-likeness (QED) is 0.796. The highest BCUT2D eigenvalue weighted by Crippen LogP contribution is 2.31. The first-order valence-corrected chi connectivity index (χ1v) is 6.39. The minimum atomic E-state index is -0.745. The second kappa shape index (κ2) is 6.77. The van der Waals surface area contributed by atoms with Crippen molar-refractivity contribution >= 4 is 0 Å². The summed E-state index contributed by atoms with van der Waals surface area (Å²) in [6, 6.07) is 8.17. The molecule has 2 heteroatoms. The Hall–Kier alpha value is -0.860. The summed E-state index contributed by atoms with van der Waals surface area (Å²) in [4.78, 5) is 0. The number of hydrogen-bond donors (Lipinski definition) is 2. The van der Waals surface area contributed by atoms with Gasteiger partial charge in [-0.15, -0.1) is 0 Å². The maximum absolute atomic E-state index is 9.86. The normalized spacial score (nSPS) is 14.9. The highest BCUT2D eigenvalue weighted by Gasteiger charge is 2.23. The van der Waals surface area contributed by atoms with Crippen molar-refractivity contribution in [3.8, 4) is 0 Å². The lowest BCUT2D eigenvalue weighted by molar-refractivity contribution is 0.106. The standard InChI is InChI=1S/C15H23O2/c1-4-11(3)13-8-6-7-9-14(13)12(5-2)15(17)10-16/h6-9,11,15-17H,4-5,10H2,1-3H3. The minimum absolute atomic E-state index is 0.210. The molecule has 2 N–H and O–H groups in total. The molecular weight excluding hydrogens is 212 g/mol. The van der Waals surface area contributed by atoms with E-state index in [1.165, 1.54) is 5.56 Å². The molecule has 95 valence electrons. The highest BCUT2D eigenvalue weighted by molar-refractivity contribution is 5.41. The third-order valence-electron chi connectivity index (χ3n) is 3.41. The molecule has 1 aromatic rings. The lowest BCUT2D eigenvalue weighted by Crippen LogP contribution is -2.24. The third kappa shape index (κ3) is 3.30. The van der Waals surface area contributed by atoms with E-state index in [2.05, 4.69) is 19.9 Å². The predicted octanol–water partition coefficient (Wildman–Crippen LogP) is 2.89. The van der Waals surface area contributed by atoms with Crippen molar-refractivity contribution in [1.29, 1.82) is 0 Å². The molecule has 1 aromatic carbocycles. The average Bonchev–Trinajstić information content (AvgIpc) is 2.39. The Morgan fingerprint density at radius 2 is 1.88 bits per heavy atom. The zero-order valence-electron chi connectivity index (χ0n) is 11.0. The highest BCUT2D eigenvalue weighted by atomic mass is 16.3. The van der Waals surface area contributed by atoms with Crippen LogP contribution in [0.2, 0.25) is 0 Å². The SMILES string of the molecule is CC[C](c1ccccc1C(C)CC)C(O)CO. The topological polar surface area (TPSA) is 40.5 Å². The fourth-order valence-corrected chi connectivity index (χ4v) is 2.15. The molecule has 0 aromatic heterocycles. The van der Waals surface area contributed by atoms with Gasteiger partial charge in [-0.2, -0.15) is 0 Å². The number of aliphatic hydroxyl groups is 2. The van der Waals surface area contributed by atoms with Gasteiger partial charge in [-0.3, -0.25) is 0 Å². The monoisotopic (exact) mass is 235 g/mol. The van der Waals surface area contributed by atoms with Crippen molar-refractivity contribution in [2.75, 3.05) is 6.61 Å². The van der Waals surface area contributed by atoms with Crippen molar-refractivity contribution < 1.29 is 10.2 Å². The summed E-state index contributed by atoms with van der Waals surface area (Å²) >= 11 is 0. The van der Waals surface area contributed by atoms with Gasteiger partial charge >= 0.3 is 0 Å². The lowest BCUT2D eigenvalue weighted by atomic mass is 9.83. The summed E-state index contributed by atoms with van der Waals surface area (Å²) < 4.78 is 0. The van der Waals surface area contributed by atoms with Crippen LogP contribution in [0.3, 0.4) is 0 Å². The smallest absolute Gasteiger partial charge is 0.0876 e. The average molecular weight is 235 g/mol. The lowest BCUT2D eigenvalue weighted by Gasteiger charge is -2.24. The fourth-order valence-electron chi connectivity index (χ4n) is 2.15. The van der Waals surface area contributed by atoms with E-state index in [-0.39, 0.29) is 6.61 Å². The van der Waals surface area contributed by atoms with Crippen LogP contribution in [0.15, 0.2) is 24.3 Å². The number of benzene rings is 1. The molecule has 0 bridgehead atoms. The van der Waals surface area contributed by atoms with Crippen LogP contribution in [0.1, 0.15) is 50.7 Å². The Balaban J connectivity index is 3.10. The van der Waals surface area contributed by atoms with Crippen molar-refractivity contribution in [2.45, 2.75) is 45.6 Å². The first-order valence-electron chi connectivity index (χ1n) is 6.39.